The molecule has 4 rings (SSSR count). The average Bonchev–Trinajstić information content (AvgIpc) is 3.26. The van der Waals surface area contributed by atoms with Gasteiger partial charge in [-0.1, -0.05) is 22.0 Å². The van der Waals surface area contributed by atoms with Gasteiger partial charge in [0, 0.05) is 29.3 Å². The number of ether oxygens (including phenoxy) is 4. The van der Waals surface area contributed by atoms with E-state index in [9.17, 15) is 4.79 Å². The molecule has 2 fully saturated rings. The van der Waals surface area contributed by atoms with E-state index in [1.165, 1.54) is 0 Å². The molecule has 0 spiro atoms. The summed E-state index contributed by atoms with van der Waals surface area (Å²) in [5, 5.41) is 0. The number of carbonyl (C=O) groups excluding carboxylic acids is 1. The number of β-lactam (4-membered cyclic amide) rings is 1. The van der Waals surface area contributed by atoms with E-state index in [-0.39, 0.29) is 18.1 Å². The summed E-state index contributed by atoms with van der Waals surface area (Å²) in [6.07, 6.45) is 1.44. The fourth-order valence-electron chi connectivity index (χ4n) is 3.92. The van der Waals surface area contributed by atoms with Crippen LogP contribution in [0, 0.1) is 0 Å². The van der Waals surface area contributed by atoms with Gasteiger partial charge in [0.15, 0.2) is 0 Å². The van der Waals surface area contributed by atoms with Crippen LogP contribution in [0.3, 0.4) is 0 Å². The maximum Gasteiger partial charge on any atom is 0.266 e. The molecule has 2 aromatic carbocycles. The Hall–Kier alpha value is -2.25. The molecule has 7 heteroatoms. The van der Waals surface area contributed by atoms with Gasteiger partial charge in [0.25, 0.3) is 5.91 Å². The predicted octanol–water partition coefficient (Wildman–Crippen LogP) is 3.98. The number of hydrogen-bond donors (Lipinski definition) is 0. The molecule has 154 valence electrons. The van der Waals surface area contributed by atoms with Crippen LogP contribution in [0.25, 0.3) is 0 Å². The van der Waals surface area contributed by atoms with Crippen LogP contribution in [-0.2, 0) is 9.53 Å². The lowest BCUT2D eigenvalue weighted by Gasteiger charge is -2.47. The maximum atomic E-state index is 13.0. The Kier molecular flexibility index (Phi) is 5.96. The van der Waals surface area contributed by atoms with Crippen LogP contribution in [-0.4, -0.2) is 50.4 Å². The van der Waals surface area contributed by atoms with Crippen LogP contribution in [0.2, 0.25) is 0 Å². The van der Waals surface area contributed by atoms with Crippen molar-refractivity contribution in [3.63, 3.8) is 0 Å². The van der Waals surface area contributed by atoms with E-state index in [0.717, 1.165) is 29.5 Å². The third-order valence-corrected chi connectivity index (χ3v) is 5.89. The summed E-state index contributed by atoms with van der Waals surface area (Å²) in [5.74, 6) is 1.98. The van der Waals surface area contributed by atoms with Crippen LogP contribution >= 0.6 is 15.9 Å². The summed E-state index contributed by atoms with van der Waals surface area (Å²) in [6, 6.07) is 12.9. The quantitative estimate of drug-likeness (QED) is 0.583. The first-order valence-electron chi connectivity index (χ1n) is 9.67. The Labute approximate surface area is 178 Å². The fourth-order valence-corrected chi connectivity index (χ4v) is 4.30. The van der Waals surface area contributed by atoms with Crippen molar-refractivity contribution in [3.8, 4) is 17.2 Å². The third kappa shape index (κ3) is 4.07. The molecule has 3 atom stereocenters. The molecule has 2 aliphatic rings. The first-order chi connectivity index (χ1) is 14.1. The van der Waals surface area contributed by atoms with E-state index in [2.05, 4.69) is 15.9 Å². The second kappa shape index (κ2) is 8.63. The first kappa shape index (κ1) is 20.0. The van der Waals surface area contributed by atoms with Crippen LogP contribution < -0.4 is 14.2 Å². The highest BCUT2D eigenvalue weighted by Crippen LogP contribution is 2.43. The van der Waals surface area contributed by atoms with Gasteiger partial charge in [-0.3, -0.25) is 4.79 Å². The molecular weight excluding hydrogens is 438 g/mol. The van der Waals surface area contributed by atoms with Crippen molar-refractivity contribution in [1.29, 1.82) is 0 Å². The van der Waals surface area contributed by atoms with Crippen LogP contribution in [0.1, 0.15) is 24.4 Å². The molecule has 0 unspecified atom stereocenters. The number of likely N-dealkylation sites (tertiary alicyclic amines) is 1. The largest absolute Gasteiger partial charge is 0.497 e. The Morgan fingerprint density at radius 3 is 2.69 bits per heavy atom. The molecule has 1 amide bonds. The molecule has 0 N–H and O–H groups in total. The van der Waals surface area contributed by atoms with Gasteiger partial charge in [0.2, 0.25) is 6.10 Å². The molecule has 0 bridgehead atoms. The third-order valence-electron chi connectivity index (χ3n) is 5.39. The number of carbonyl (C=O) groups is 1. The van der Waals surface area contributed by atoms with Crippen LogP contribution in [0.15, 0.2) is 46.9 Å². The van der Waals surface area contributed by atoms with Gasteiger partial charge >= 0.3 is 0 Å². The van der Waals surface area contributed by atoms with Gasteiger partial charge in [-0.2, -0.15) is 0 Å². The van der Waals surface area contributed by atoms with E-state index in [1.807, 2.05) is 47.4 Å². The zero-order valence-electron chi connectivity index (χ0n) is 16.5. The van der Waals surface area contributed by atoms with Crippen molar-refractivity contribution in [3.05, 3.63) is 52.5 Å². The molecule has 2 aromatic rings. The van der Waals surface area contributed by atoms with Crippen molar-refractivity contribution in [1.82, 2.24) is 4.90 Å². The van der Waals surface area contributed by atoms with Crippen LogP contribution in [0.5, 0.6) is 17.2 Å². The van der Waals surface area contributed by atoms with Gasteiger partial charge in [0.1, 0.15) is 23.3 Å². The SMILES string of the molecule is COc1ccc([C@@H]2[C@H](Oc3cccc(Br)c3)C(=O)N2C[C@H]2CCCO2)c(OC)c1. The van der Waals surface area contributed by atoms with Gasteiger partial charge in [-0.05, 0) is 43.2 Å². The minimum absolute atomic E-state index is 0.0386. The monoisotopic (exact) mass is 461 g/mol. The van der Waals surface area contributed by atoms with Crippen molar-refractivity contribution in [2.45, 2.75) is 31.1 Å². The second-order valence-electron chi connectivity index (χ2n) is 7.17. The number of methoxy groups -OCH3 is 2. The lowest BCUT2D eigenvalue weighted by Crippen LogP contribution is -2.62. The van der Waals surface area contributed by atoms with E-state index < -0.39 is 6.10 Å². The summed E-state index contributed by atoms with van der Waals surface area (Å²) in [4.78, 5) is 14.8. The lowest BCUT2D eigenvalue weighted by molar-refractivity contribution is -0.167. The summed E-state index contributed by atoms with van der Waals surface area (Å²) in [6.45, 7) is 1.30. The van der Waals surface area contributed by atoms with E-state index in [0.29, 0.717) is 23.8 Å². The minimum Gasteiger partial charge on any atom is -0.497 e. The Morgan fingerprint density at radius 1 is 1.14 bits per heavy atom. The molecule has 2 heterocycles. The van der Waals surface area contributed by atoms with E-state index in [4.69, 9.17) is 18.9 Å². The molecule has 2 aliphatic heterocycles. The predicted molar refractivity (Wildman–Crippen MR) is 112 cm³/mol. The summed E-state index contributed by atoms with van der Waals surface area (Å²) in [5.41, 5.74) is 0.894. The Bertz CT molecular complexity index is 883. The molecule has 2 saturated heterocycles. The zero-order valence-corrected chi connectivity index (χ0v) is 18.1. The number of hydrogen-bond acceptors (Lipinski definition) is 5. The van der Waals surface area contributed by atoms with E-state index >= 15 is 0 Å². The smallest absolute Gasteiger partial charge is 0.266 e. The highest BCUT2D eigenvalue weighted by atomic mass is 79.9. The number of nitrogens with zero attached hydrogens (tertiary/aromatic N) is 1. The molecule has 0 radical (unpaired) electrons. The zero-order chi connectivity index (χ0) is 20.4. The lowest BCUT2D eigenvalue weighted by atomic mass is 9.89. The highest BCUT2D eigenvalue weighted by molar-refractivity contribution is 9.10. The number of rotatable bonds is 7. The van der Waals surface area contributed by atoms with Gasteiger partial charge in [0.05, 0.1) is 20.3 Å². The Balaban J connectivity index is 1.64. The van der Waals surface area contributed by atoms with E-state index in [1.54, 1.807) is 14.2 Å². The molecular formula is C22H24BrNO5. The van der Waals surface area contributed by atoms with Gasteiger partial charge < -0.3 is 23.8 Å². The second-order valence-corrected chi connectivity index (χ2v) is 8.09. The molecule has 0 saturated carbocycles. The Morgan fingerprint density at radius 2 is 2.00 bits per heavy atom. The standard InChI is InChI=1S/C22H24BrNO5/c1-26-15-8-9-18(19(12-15)27-2)20-21(29-16-6-3-5-14(23)11-16)22(25)24(20)13-17-7-4-10-28-17/h3,5-6,8-9,11-12,17,20-21H,4,7,10,13H2,1-2H3/t17-,20-,21+/m1/s1. The summed E-state index contributed by atoms with van der Waals surface area (Å²) in [7, 11) is 3.23. The van der Waals surface area contributed by atoms with Gasteiger partial charge in [-0.25, -0.2) is 0 Å². The summed E-state index contributed by atoms with van der Waals surface area (Å²) < 4.78 is 23.7. The summed E-state index contributed by atoms with van der Waals surface area (Å²) >= 11 is 3.45. The van der Waals surface area contributed by atoms with Crippen molar-refractivity contribution >= 4 is 21.8 Å². The maximum absolute atomic E-state index is 13.0. The highest BCUT2D eigenvalue weighted by Gasteiger charge is 2.52. The van der Waals surface area contributed by atoms with Crippen LogP contribution in [0.4, 0.5) is 0 Å². The topological polar surface area (TPSA) is 57.2 Å². The number of amides is 1. The first-order valence-corrected chi connectivity index (χ1v) is 10.5. The van der Waals surface area contributed by atoms with Gasteiger partial charge in [-0.15, -0.1) is 0 Å². The molecule has 6 nitrogen and oxygen atoms in total. The number of benzene rings is 2. The van der Waals surface area contributed by atoms with Crippen molar-refractivity contribution in [2.24, 2.45) is 0 Å². The molecule has 0 aliphatic carbocycles. The minimum atomic E-state index is -0.618. The fraction of sp³-hybridized carbons (Fsp3) is 0.409. The number of halogens is 1. The van der Waals surface area contributed by atoms with Crippen molar-refractivity contribution in [2.75, 3.05) is 27.4 Å². The molecule has 29 heavy (non-hydrogen) atoms. The normalized spacial score (nSPS) is 23.6. The van der Waals surface area contributed by atoms with Crippen molar-refractivity contribution < 1.29 is 23.7 Å². The average molecular weight is 462 g/mol. The molecule has 0 aromatic heterocycles.